The Bertz CT molecular complexity index is 1310. The molecule has 0 amide bonds. The number of aryl methyl sites for hydroxylation is 1. The van der Waals surface area contributed by atoms with E-state index in [0.29, 0.717) is 11.5 Å². The molecule has 2 aromatic heterocycles. The van der Waals surface area contributed by atoms with Gasteiger partial charge in [0.1, 0.15) is 17.3 Å². The molecule has 0 saturated carbocycles. The number of ether oxygens (including phenoxy) is 1. The topological polar surface area (TPSA) is 123 Å². The summed E-state index contributed by atoms with van der Waals surface area (Å²) in [6, 6.07) is 19.6. The number of nitrogens with two attached hydrogens (primary N) is 1. The third kappa shape index (κ3) is 5.88. The average Bonchev–Trinajstić information content (AvgIpc) is 2.79. The van der Waals surface area contributed by atoms with Gasteiger partial charge in [-0.3, -0.25) is 0 Å². The molecule has 0 bridgehead atoms. The Morgan fingerprint density at radius 3 is 2.26 bits per heavy atom. The number of carboxylic acid groups (broad SMARTS) is 1. The number of para-hydroxylation sites is 1. The normalized spacial score (nSPS) is 10.9. The van der Waals surface area contributed by atoms with Crippen molar-refractivity contribution in [2.75, 3.05) is 18.1 Å². The van der Waals surface area contributed by atoms with Crippen LogP contribution in [-0.2, 0) is 4.79 Å². The lowest BCUT2D eigenvalue weighted by atomic mass is 10.1. The summed E-state index contributed by atoms with van der Waals surface area (Å²) in [7, 11) is 1.79. The van der Waals surface area contributed by atoms with Crippen LogP contribution in [0.4, 0.5) is 24.9 Å². The summed E-state index contributed by atoms with van der Waals surface area (Å²) in [5, 5.41) is 11.0. The lowest BCUT2D eigenvalue weighted by Gasteiger charge is -2.12. The van der Waals surface area contributed by atoms with Gasteiger partial charge < -0.3 is 20.9 Å². The van der Waals surface area contributed by atoms with Gasteiger partial charge in [-0.2, -0.15) is 23.1 Å². The van der Waals surface area contributed by atoms with Gasteiger partial charge in [0.25, 0.3) is 0 Å². The lowest BCUT2D eigenvalue weighted by molar-refractivity contribution is -0.192. The van der Waals surface area contributed by atoms with Gasteiger partial charge >= 0.3 is 12.1 Å². The van der Waals surface area contributed by atoms with Crippen LogP contribution in [0.3, 0.4) is 0 Å². The molecule has 4 rings (SSSR count). The minimum Gasteiger partial charge on any atom is -0.475 e. The highest BCUT2D eigenvalue weighted by Crippen LogP contribution is 2.33. The van der Waals surface area contributed by atoms with Crippen molar-refractivity contribution in [1.29, 1.82) is 0 Å². The number of aromatic nitrogens is 3. The van der Waals surface area contributed by atoms with Crippen LogP contribution < -0.4 is 15.8 Å². The van der Waals surface area contributed by atoms with Crippen LogP contribution in [-0.4, -0.2) is 39.3 Å². The highest BCUT2D eigenvalue weighted by molar-refractivity contribution is 5.89. The van der Waals surface area contributed by atoms with Gasteiger partial charge in [-0.1, -0.05) is 29.8 Å². The number of benzene rings is 2. The largest absolute Gasteiger partial charge is 0.490 e. The van der Waals surface area contributed by atoms with E-state index in [-0.39, 0.29) is 5.95 Å². The maximum Gasteiger partial charge on any atom is 0.490 e. The molecule has 0 aliphatic carbocycles. The first-order valence-corrected chi connectivity index (χ1v) is 9.84. The van der Waals surface area contributed by atoms with Crippen LogP contribution >= 0.6 is 0 Å². The smallest absolute Gasteiger partial charge is 0.475 e. The minimum absolute atomic E-state index is 0.181. The Hall–Kier alpha value is -4.41. The fourth-order valence-corrected chi connectivity index (χ4v) is 2.87. The number of anilines is 2. The first kappa shape index (κ1) is 24.2. The molecule has 0 aliphatic heterocycles. The number of fused-ring (bicyclic) bond motifs is 1. The Kier molecular flexibility index (Phi) is 7.15. The molecule has 8 nitrogen and oxygen atoms in total. The molecule has 4 N–H and O–H groups in total. The van der Waals surface area contributed by atoms with Gasteiger partial charge in [-0.05, 0) is 43.3 Å². The fraction of sp³-hybridized carbons (Fsp3) is 0.130. The maximum atomic E-state index is 10.6. The third-order valence-electron chi connectivity index (χ3n) is 4.47. The highest BCUT2D eigenvalue weighted by atomic mass is 19.4. The molecule has 2 heterocycles. The third-order valence-corrected chi connectivity index (χ3v) is 4.47. The number of carboxylic acids is 1. The molecule has 0 spiro atoms. The van der Waals surface area contributed by atoms with Crippen molar-refractivity contribution in [1.82, 2.24) is 15.0 Å². The summed E-state index contributed by atoms with van der Waals surface area (Å²) in [4.78, 5) is 22.0. The quantitative estimate of drug-likeness (QED) is 0.378. The van der Waals surface area contributed by atoms with Crippen LogP contribution in [0.1, 0.15) is 5.56 Å². The molecule has 4 aromatic rings. The molecule has 0 radical (unpaired) electrons. The Balaban J connectivity index is 0.000000406. The predicted molar refractivity (Wildman–Crippen MR) is 122 cm³/mol. The van der Waals surface area contributed by atoms with Crippen molar-refractivity contribution in [3.8, 4) is 22.8 Å². The van der Waals surface area contributed by atoms with E-state index in [2.05, 4.69) is 20.3 Å². The zero-order valence-electron chi connectivity index (χ0n) is 18.1. The van der Waals surface area contributed by atoms with Crippen molar-refractivity contribution in [2.45, 2.75) is 13.1 Å². The summed E-state index contributed by atoms with van der Waals surface area (Å²) in [5.74, 6) is -0.420. The Labute approximate surface area is 192 Å². The number of rotatable bonds is 4. The van der Waals surface area contributed by atoms with E-state index >= 15 is 0 Å². The SMILES string of the molecule is CNc1nc(N)nc2nc(-c3ccccc3Oc3ccc(C)cc3)ccc12.O=C(O)C(F)(F)F. The number of pyridine rings is 1. The van der Waals surface area contributed by atoms with E-state index in [1.807, 2.05) is 67.6 Å². The van der Waals surface area contributed by atoms with Crippen molar-refractivity contribution in [2.24, 2.45) is 0 Å². The van der Waals surface area contributed by atoms with Crippen LogP contribution in [0.5, 0.6) is 11.5 Å². The number of nitrogens with one attached hydrogen (secondary N) is 1. The van der Waals surface area contributed by atoms with E-state index in [4.69, 9.17) is 20.4 Å². The summed E-state index contributed by atoms with van der Waals surface area (Å²) >= 11 is 0. The lowest BCUT2D eigenvalue weighted by Crippen LogP contribution is -2.21. The summed E-state index contributed by atoms with van der Waals surface area (Å²) in [6.07, 6.45) is -5.08. The molecule has 0 saturated heterocycles. The van der Waals surface area contributed by atoms with Gasteiger partial charge in [-0.15, -0.1) is 0 Å². The van der Waals surface area contributed by atoms with Gasteiger partial charge in [0, 0.05) is 12.6 Å². The van der Waals surface area contributed by atoms with Crippen LogP contribution in [0.2, 0.25) is 0 Å². The molecular formula is C23H20F3N5O3. The number of nitrogens with zero attached hydrogens (tertiary/aromatic N) is 3. The van der Waals surface area contributed by atoms with Gasteiger partial charge in [0.15, 0.2) is 5.65 Å². The molecule has 0 aliphatic rings. The van der Waals surface area contributed by atoms with Crippen LogP contribution in [0.15, 0.2) is 60.7 Å². The summed E-state index contributed by atoms with van der Waals surface area (Å²) in [5.41, 5.74) is 9.16. The molecule has 11 heteroatoms. The number of hydrogen-bond donors (Lipinski definition) is 3. The molecule has 34 heavy (non-hydrogen) atoms. The number of hydrogen-bond acceptors (Lipinski definition) is 7. The summed E-state index contributed by atoms with van der Waals surface area (Å²) in [6.45, 7) is 2.05. The number of halogens is 3. The molecule has 176 valence electrons. The highest BCUT2D eigenvalue weighted by Gasteiger charge is 2.38. The Morgan fingerprint density at radius 2 is 1.65 bits per heavy atom. The van der Waals surface area contributed by atoms with E-state index < -0.39 is 12.1 Å². The zero-order valence-corrected chi connectivity index (χ0v) is 18.1. The molecule has 2 aromatic carbocycles. The number of nitrogen functional groups attached to an aromatic ring is 1. The first-order chi connectivity index (χ1) is 16.1. The van der Waals surface area contributed by atoms with Crippen LogP contribution in [0.25, 0.3) is 22.3 Å². The maximum absolute atomic E-state index is 10.6. The predicted octanol–water partition coefficient (Wildman–Crippen LogP) is 5.05. The first-order valence-electron chi connectivity index (χ1n) is 9.84. The molecule has 0 unspecified atom stereocenters. The van der Waals surface area contributed by atoms with Gasteiger partial charge in [0.2, 0.25) is 5.95 Å². The van der Waals surface area contributed by atoms with E-state index in [1.54, 1.807) is 7.05 Å². The fourth-order valence-electron chi connectivity index (χ4n) is 2.87. The van der Waals surface area contributed by atoms with Gasteiger partial charge in [0.05, 0.1) is 11.1 Å². The molecule has 0 fully saturated rings. The van der Waals surface area contributed by atoms with Crippen molar-refractivity contribution in [3.63, 3.8) is 0 Å². The van der Waals surface area contributed by atoms with Gasteiger partial charge in [-0.25, -0.2) is 9.78 Å². The zero-order chi connectivity index (χ0) is 24.9. The second-order valence-electron chi connectivity index (χ2n) is 6.96. The van der Waals surface area contributed by atoms with Crippen molar-refractivity contribution in [3.05, 3.63) is 66.2 Å². The summed E-state index contributed by atoms with van der Waals surface area (Å²) < 4.78 is 37.8. The molecular weight excluding hydrogens is 451 g/mol. The van der Waals surface area contributed by atoms with Crippen LogP contribution in [0, 0.1) is 6.92 Å². The second kappa shape index (κ2) is 10.0. The van der Waals surface area contributed by atoms with E-state index in [1.165, 1.54) is 5.56 Å². The number of alkyl halides is 3. The van der Waals surface area contributed by atoms with Crippen molar-refractivity contribution >= 4 is 28.8 Å². The van der Waals surface area contributed by atoms with Crippen molar-refractivity contribution < 1.29 is 27.8 Å². The number of carbonyl (C=O) groups is 1. The monoisotopic (exact) mass is 471 g/mol. The minimum atomic E-state index is -5.08. The van der Waals surface area contributed by atoms with E-state index in [0.717, 1.165) is 28.1 Å². The second-order valence-corrected chi connectivity index (χ2v) is 6.96. The Morgan fingerprint density at radius 1 is 1.00 bits per heavy atom. The molecule has 0 atom stereocenters. The number of aliphatic carboxylic acids is 1. The van der Waals surface area contributed by atoms with E-state index in [9.17, 15) is 13.2 Å². The standard InChI is InChI=1S/C21H19N5O.C2HF3O2/c1-13-7-9-14(10-8-13)27-18-6-4-3-5-15(18)17-12-11-16-19(23-2)25-21(22)26-20(16)24-17;3-2(4,5)1(6)7/h3-12H,1-2H3,(H3,22,23,24,25,26);(H,6,7). The average molecular weight is 471 g/mol.